The highest BCUT2D eigenvalue weighted by atomic mass is 16.1. The van der Waals surface area contributed by atoms with E-state index >= 15 is 0 Å². The summed E-state index contributed by atoms with van der Waals surface area (Å²) in [5.74, 6) is 0.0972. The molecular formula is C18H23N2O+. The van der Waals surface area contributed by atoms with Crippen molar-refractivity contribution in [1.82, 2.24) is 0 Å². The van der Waals surface area contributed by atoms with E-state index in [1.54, 1.807) is 0 Å². The normalized spacial score (nSPS) is 10.4. The Morgan fingerprint density at radius 3 is 2.57 bits per heavy atom. The molecule has 0 radical (unpaired) electrons. The number of carbonyl (C=O) groups is 1. The van der Waals surface area contributed by atoms with Crippen molar-refractivity contribution < 1.29 is 9.36 Å². The molecule has 3 heteroatoms. The number of anilines is 1. The molecule has 0 bridgehead atoms. The second-order valence-corrected chi connectivity index (χ2v) is 5.44. The Morgan fingerprint density at radius 2 is 1.86 bits per heavy atom. The fourth-order valence-electron chi connectivity index (χ4n) is 2.33. The molecule has 0 atom stereocenters. The summed E-state index contributed by atoms with van der Waals surface area (Å²) >= 11 is 0. The van der Waals surface area contributed by atoms with E-state index in [4.69, 9.17) is 0 Å². The number of nitrogens with zero attached hydrogens (tertiary/aromatic N) is 1. The zero-order valence-corrected chi connectivity index (χ0v) is 12.8. The average Bonchev–Trinajstić information content (AvgIpc) is 2.48. The van der Waals surface area contributed by atoms with E-state index in [9.17, 15) is 4.79 Å². The van der Waals surface area contributed by atoms with Crippen molar-refractivity contribution in [2.24, 2.45) is 0 Å². The largest absolute Gasteiger partial charge is 0.326 e. The minimum Gasteiger partial charge on any atom is -0.326 e. The molecule has 0 aliphatic rings. The molecule has 2 rings (SSSR count). The molecule has 1 aromatic carbocycles. The third-order valence-corrected chi connectivity index (χ3v) is 3.50. The summed E-state index contributed by atoms with van der Waals surface area (Å²) in [7, 11) is 0. The first-order chi connectivity index (χ1) is 10.1. The number of unbranched alkanes of at least 4 members (excludes halogenated alkanes) is 1. The number of nitrogens with one attached hydrogen (secondary N) is 1. The molecule has 1 aromatic heterocycles. The number of hydrogen-bond acceptors (Lipinski definition) is 1. The van der Waals surface area contributed by atoms with Gasteiger partial charge in [-0.15, -0.1) is 0 Å². The molecule has 0 spiro atoms. The van der Waals surface area contributed by atoms with Gasteiger partial charge in [0.2, 0.25) is 5.91 Å². The monoisotopic (exact) mass is 283 g/mol. The Kier molecular flexibility index (Phi) is 5.50. The smallest absolute Gasteiger partial charge is 0.224 e. The molecule has 1 N–H and O–H groups in total. The zero-order valence-electron chi connectivity index (χ0n) is 12.8. The van der Waals surface area contributed by atoms with Crippen LogP contribution in [0.5, 0.6) is 0 Å². The summed E-state index contributed by atoms with van der Waals surface area (Å²) in [5.41, 5.74) is 3.25. The maximum atomic E-state index is 11.9. The number of aryl methyl sites for hydroxylation is 3. The Morgan fingerprint density at radius 1 is 1.10 bits per heavy atom. The Labute approximate surface area is 126 Å². The lowest BCUT2D eigenvalue weighted by molar-refractivity contribution is -0.697. The predicted molar refractivity (Wildman–Crippen MR) is 85.0 cm³/mol. The van der Waals surface area contributed by atoms with Gasteiger partial charge in [0.1, 0.15) is 6.54 Å². The molecule has 110 valence electrons. The van der Waals surface area contributed by atoms with E-state index in [-0.39, 0.29) is 5.91 Å². The molecule has 0 aliphatic carbocycles. The maximum Gasteiger partial charge on any atom is 0.224 e. The lowest BCUT2D eigenvalue weighted by atomic mass is 10.1. The summed E-state index contributed by atoms with van der Waals surface area (Å²) in [6.07, 6.45) is 6.58. The summed E-state index contributed by atoms with van der Waals surface area (Å²) in [4.78, 5) is 11.9. The van der Waals surface area contributed by atoms with Crippen LogP contribution in [-0.2, 0) is 11.3 Å². The minimum absolute atomic E-state index is 0.0972. The quantitative estimate of drug-likeness (QED) is 0.639. The lowest BCUT2D eigenvalue weighted by Crippen LogP contribution is -2.32. The van der Waals surface area contributed by atoms with Crippen LogP contribution < -0.4 is 9.88 Å². The topological polar surface area (TPSA) is 33.0 Å². The van der Waals surface area contributed by atoms with Crippen molar-refractivity contribution in [3.63, 3.8) is 0 Å². The van der Waals surface area contributed by atoms with Crippen LogP contribution in [0.3, 0.4) is 0 Å². The Hall–Kier alpha value is -2.16. The first-order valence-corrected chi connectivity index (χ1v) is 7.46. The second kappa shape index (κ2) is 7.58. The van der Waals surface area contributed by atoms with Gasteiger partial charge in [-0.25, -0.2) is 4.57 Å². The van der Waals surface area contributed by atoms with Gasteiger partial charge < -0.3 is 5.32 Å². The van der Waals surface area contributed by atoms with E-state index < -0.39 is 0 Å². The highest BCUT2D eigenvalue weighted by Gasteiger charge is 2.06. The van der Waals surface area contributed by atoms with E-state index in [1.165, 1.54) is 5.56 Å². The lowest BCUT2D eigenvalue weighted by Gasteiger charge is -2.08. The van der Waals surface area contributed by atoms with Crippen molar-refractivity contribution in [3.05, 3.63) is 59.9 Å². The molecule has 0 aliphatic heterocycles. The molecule has 3 nitrogen and oxygen atoms in total. The van der Waals surface area contributed by atoms with Gasteiger partial charge in [-0.2, -0.15) is 0 Å². The minimum atomic E-state index is 0.0972. The summed E-state index contributed by atoms with van der Waals surface area (Å²) < 4.78 is 2.14. The first-order valence-electron chi connectivity index (χ1n) is 7.46. The van der Waals surface area contributed by atoms with Crippen LogP contribution in [0, 0.1) is 13.8 Å². The standard InChI is InChI=1S/C18H22N2O/c1-15-9-10-17(16(2)14-15)19-18(21)8-4-7-13-20-11-5-3-6-12-20/h3,5-6,9-12,14H,4,7-8,13H2,1-2H3/p+1. The molecule has 1 heterocycles. The van der Waals surface area contributed by atoms with Crippen molar-refractivity contribution in [2.75, 3.05) is 5.32 Å². The van der Waals surface area contributed by atoms with Crippen LogP contribution in [0.2, 0.25) is 0 Å². The van der Waals surface area contributed by atoms with Gasteiger partial charge in [-0.05, 0) is 31.9 Å². The number of amides is 1. The fourth-order valence-corrected chi connectivity index (χ4v) is 2.33. The molecule has 21 heavy (non-hydrogen) atoms. The first kappa shape index (κ1) is 15.2. The molecule has 0 saturated carbocycles. The van der Waals surface area contributed by atoms with E-state index in [0.717, 1.165) is 30.6 Å². The molecule has 0 unspecified atom stereocenters. The van der Waals surface area contributed by atoms with Gasteiger partial charge >= 0.3 is 0 Å². The number of aromatic nitrogens is 1. The van der Waals surface area contributed by atoms with Gasteiger partial charge in [0, 0.05) is 30.7 Å². The second-order valence-electron chi connectivity index (χ2n) is 5.44. The van der Waals surface area contributed by atoms with Gasteiger partial charge in [0.05, 0.1) is 0 Å². The van der Waals surface area contributed by atoms with Crippen LogP contribution in [0.15, 0.2) is 48.8 Å². The summed E-state index contributed by atoms with van der Waals surface area (Å²) in [6, 6.07) is 12.1. The van der Waals surface area contributed by atoms with Gasteiger partial charge in [-0.3, -0.25) is 4.79 Å². The van der Waals surface area contributed by atoms with E-state index in [1.807, 2.05) is 37.3 Å². The summed E-state index contributed by atoms with van der Waals surface area (Å²) in [6.45, 7) is 5.03. The highest BCUT2D eigenvalue weighted by Crippen LogP contribution is 2.16. The van der Waals surface area contributed by atoms with Crippen molar-refractivity contribution in [3.8, 4) is 0 Å². The van der Waals surface area contributed by atoms with Crippen molar-refractivity contribution in [2.45, 2.75) is 39.7 Å². The van der Waals surface area contributed by atoms with E-state index in [2.05, 4.69) is 35.3 Å². The fraction of sp³-hybridized carbons (Fsp3) is 0.333. The molecule has 1 amide bonds. The Bertz CT molecular complexity index is 593. The average molecular weight is 283 g/mol. The third kappa shape index (κ3) is 5.03. The van der Waals surface area contributed by atoms with Gasteiger partial charge in [0.15, 0.2) is 12.4 Å². The van der Waals surface area contributed by atoms with Crippen LogP contribution in [0.4, 0.5) is 5.69 Å². The van der Waals surface area contributed by atoms with Gasteiger partial charge in [0.25, 0.3) is 0 Å². The number of pyridine rings is 1. The number of hydrogen-bond donors (Lipinski definition) is 1. The van der Waals surface area contributed by atoms with Crippen LogP contribution in [0.25, 0.3) is 0 Å². The molecule has 2 aromatic rings. The molecule has 0 fully saturated rings. The van der Waals surface area contributed by atoms with E-state index in [0.29, 0.717) is 6.42 Å². The zero-order chi connectivity index (χ0) is 15.1. The predicted octanol–water partition coefficient (Wildman–Crippen LogP) is 3.40. The Balaban J connectivity index is 1.72. The molecule has 0 saturated heterocycles. The van der Waals surface area contributed by atoms with Crippen molar-refractivity contribution >= 4 is 11.6 Å². The number of rotatable bonds is 6. The SMILES string of the molecule is Cc1ccc(NC(=O)CCCC[n+]2ccccc2)c(C)c1. The van der Waals surface area contributed by atoms with Crippen molar-refractivity contribution in [1.29, 1.82) is 0 Å². The summed E-state index contributed by atoms with van der Waals surface area (Å²) in [5, 5.41) is 2.99. The molecular weight excluding hydrogens is 260 g/mol. The maximum absolute atomic E-state index is 11.9. The third-order valence-electron chi connectivity index (χ3n) is 3.50. The number of benzene rings is 1. The van der Waals surface area contributed by atoms with Crippen LogP contribution in [-0.4, -0.2) is 5.91 Å². The van der Waals surface area contributed by atoms with Gasteiger partial charge in [-0.1, -0.05) is 23.8 Å². The number of carbonyl (C=O) groups excluding carboxylic acids is 1. The van der Waals surface area contributed by atoms with Crippen LogP contribution >= 0.6 is 0 Å². The van der Waals surface area contributed by atoms with Crippen LogP contribution in [0.1, 0.15) is 30.4 Å². The highest BCUT2D eigenvalue weighted by molar-refractivity contribution is 5.91.